The monoisotopic (exact) mass is 266 g/mol. The number of aromatic nitrogens is 1. The van der Waals surface area contributed by atoms with Crippen molar-refractivity contribution in [2.24, 2.45) is 0 Å². The van der Waals surface area contributed by atoms with Crippen LogP contribution < -0.4 is 9.47 Å². The standard InChI is InChI=1S/C14H22N2O3/c1-18-13-6-7-15-12(14(13)19-2)9-16-8-4-3-5-11(16)10-17/h6-7,11,17H,3-5,8-10H2,1-2H3. The van der Waals surface area contributed by atoms with E-state index < -0.39 is 0 Å². The zero-order valence-electron chi connectivity index (χ0n) is 11.6. The molecule has 2 heterocycles. The third-order valence-electron chi connectivity index (χ3n) is 3.68. The largest absolute Gasteiger partial charge is 0.493 e. The molecule has 1 aliphatic heterocycles. The van der Waals surface area contributed by atoms with Gasteiger partial charge in [0.05, 0.1) is 20.8 Å². The molecule has 1 unspecified atom stereocenters. The smallest absolute Gasteiger partial charge is 0.183 e. The van der Waals surface area contributed by atoms with Crippen LogP contribution in [0.1, 0.15) is 25.0 Å². The van der Waals surface area contributed by atoms with E-state index in [2.05, 4.69) is 9.88 Å². The summed E-state index contributed by atoms with van der Waals surface area (Å²) in [5.41, 5.74) is 0.863. The molecule has 1 N–H and O–H groups in total. The lowest BCUT2D eigenvalue weighted by Crippen LogP contribution is -2.41. The molecule has 5 nitrogen and oxygen atoms in total. The van der Waals surface area contributed by atoms with Crippen molar-refractivity contribution >= 4 is 0 Å². The van der Waals surface area contributed by atoms with E-state index in [0.717, 1.165) is 18.7 Å². The molecule has 1 aromatic heterocycles. The summed E-state index contributed by atoms with van der Waals surface area (Å²) in [4.78, 5) is 6.66. The molecule has 1 fully saturated rings. The maximum Gasteiger partial charge on any atom is 0.183 e. The van der Waals surface area contributed by atoms with Crippen molar-refractivity contribution in [2.45, 2.75) is 31.8 Å². The highest BCUT2D eigenvalue weighted by Gasteiger charge is 2.24. The number of piperidine rings is 1. The second kappa shape index (κ2) is 6.73. The SMILES string of the molecule is COc1ccnc(CN2CCCCC2CO)c1OC. The zero-order valence-corrected chi connectivity index (χ0v) is 11.6. The minimum atomic E-state index is 0.201. The number of ether oxygens (including phenoxy) is 2. The molecule has 1 aromatic rings. The number of hydrogen-bond donors (Lipinski definition) is 1. The second-order valence-corrected chi connectivity index (χ2v) is 4.80. The topological polar surface area (TPSA) is 54.8 Å². The maximum atomic E-state index is 9.45. The van der Waals surface area contributed by atoms with Crippen molar-refractivity contribution in [2.75, 3.05) is 27.4 Å². The Balaban J connectivity index is 2.17. The van der Waals surface area contributed by atoms with Gasteiger partial charge in [-0.2, -0.15) is 0 Å². The second-order valence-electron chi connectivity index (χ2n) is 4.80. The molecule has 0 amide bonds. The van der Waals surface area contributed by atoms with Crippen molar-refractivity contribution in [1.82, 2.24) is 9.88 Å². The lowest BCUT2D eigenvalue weighted by Gasteiger charge is -2.34. The van der Waals surface area contributed by atoms with Crippen LogP contribution in [0.25, 0.3) is 0 Å². The number of hydrogen-bond acceptors (Lipinski definition) is 5. The molecule has 0 aliphatic carbocycles. The fourth-order valence-corrected chi connectivity index (χ4v) is 2.63. The zero-order chi connectivity index (χ0) is 13.7. The summed E-state index contributed by atoms with van der Waals surface area (Å²) in [6, 6.07) is 2.02. The Kier molecular flexibility index (Phi) is 4.99. The highest BCUT2D eigenvalue weighted by Crippen LogP contribution is 2.31. The summed E-state index contributed by atoms with van der Waals surface area (Å²) >= 11 is 0. The molecule has 0 spiro atoms. The van der Waals surface area contributed by atoms with E-state index in [-0.39, 0.29) is 12.6 Å². The third kappa shape index (κ3) is 3.16. The molecule has 106 valence electrons. The quantitative estimate of drug-likeness (QED) is 0.874. The molecule has 5 heteroatoms. The summed E-state index contributed by atoms with van der Waals surface area (Å²) in [6.07, 6.45) is 5.13. The average Bonchev–Trinajstić information content (AvgIpc) is 2.47. The molecular formula is C14H22N2O3. The number of aliphatic hydroxyl groups is 1. The molecule has 0 bridgehead atoms. The predicted octanol–water partition coefficient (Wildman–Crippen LogP) is 1.45. The Morgan fingerprint density at radius 3 is 2.89 bits per heavy atom. The van der Waals surface area contributed by atoms with Crippen molar-refractivity contribution in [3.05, 3.63) is 18.0 Å². The van der Waals surface area contributed by atoms with Crippen LogP contribution in [0.15, 0.2) is 12.3 Å². The van der Waals surface area contributed by atoms with E-state index in [4.69, 9.17) is 9.47 Å². The lowest BCUT2D eigenvalue weighted by molar-refractivity contribution is 0.0822. The number of likely N-dealkylation sites (tertiary alicyclic amines) is 1. The molecular weight excluding hydrogens is 244 g/mol. The van der Waals surface area contributed by atoms with Gasteiger partial charge >= 0.3 is 0 Å². The van der Waals surface area contributed by atoms with Gasteiger partial charge in [0, 0.05) is 24.8 Å². The fraction of sp³-hybridized carbons (Fsp3) is 0.643. The van der Waals surface area contributed by atoms with Crippen LogP contribution in [-0.2, 0) is 6.54 Å². The number of aliphatic hydroxyl groups excluding tert-OH is 1. The number of rotatable bonds is 5. The van der Waals surface area contributed by atoms with Crippen LogP contribution in [0, 0.1) is 0 Å². The van der Waals surface area contributed by atoms with Crippen LogP contribution in [0.3, 0.4) is 0 Å². The van der Waals surface area contributed by atoms with E-state index in [9.17, 15) is 5.11 Å². The van der Waals surface area contributed by atoms with E-state index in [0.29, 0.717) is 18.0 Å². The molecule has 19 heavy (non-hydrogen) atoms. The van der Waals surface area contributed by atoms with Gasteiger partial charge in [0.25, 0.3) is 0 Å². The minimum Gasteiger partial charge on any atom is -0.493 e. The van der Waals surface area contributed by atoms with Gasteiger partial charge in [-0.25, -0.2) is 0 Å². The van der Waals surface area contributed by atoms with E-state index in [1.165, 1.54) is 12.8 Å². The highest BCUT2D eigenvalue weighted by molar-refractivity contribution is 5.42. The van der Waals surface area contributed by atoms with Crippen molar-refractivity contribution in [1.29, 1.82) is 0 Å². The Bertz CT molecular complexity index is 412. The van der Waals surface area contributed by atoms with Crippen LogP contribution in [0.4, 0.5) is 0 Å². The Hall–Kier alpha value is -1.33. The van der Waals surface area contributed by atoms with Crippen molar-refractivity contribution < 1.29 is 14.6 Å². The minimum absolute atomic E-state index is 0.201. The number of methoxy groups -OCH3 is 2. The number of pyridine rings is 1. The molecule has 0 radical (unpaired) electrons. The molecule has 1 aliphatic rings. The van der Waals surface area contributed by atoms with Crippen molar-refractivity contribution in [3.63, 3.8) is 0 Å². The van der Waals surface area contributed by atoms with Gasteiger partial charge in [-0.3, -0.25) is 9.88 Å². The maximum absolute atomic E-state index is 9.45. The summed E-state index contributed by atoms with van der Waals surface area (Å²) < 4.78 is 10.7. The van der Waals surface area contributed by atoms with Gasteiger partial charge in [-0.15, -0.1) is 0 Å². The first-order chi connectivity index (χ1) is 9.30. The summed E-state index contributed by atoms with van der Waals surface area (Å²) in [7, 11) is 3.25. The fourth-order valence-electron chi connectivity index (χ4n) is 2.63. The molecule has 0 saturated carbocycles. The first-order valence-electron chi connectivity index (χ1n) is 6.71. The highest BCUT2D eigenvalue weighted by atomic mass is 16.5. The molecule has 1 atom stereocenters. The first kappa shape index (κ1) is 14.1. The van der Waals surface area contributed by atoms with Crippen LogP contribution in [0.2, 0.25) is 0 Å². The normalized spacial score (nSPS) is 20.3. The van der Waals surface area contributed by atoms with Crippen LogP contribution in [0.5, 0.6) is 11.5 Å². The van der Waals surface area contributed by atoms with Gasteiger partial charge in [-0.05, 0) is 19.4 Å². The number of nitrogens with zero attached hydrogens (tertiary/aromatic N) is 2. The molecule has 0 aromatic carbocycles. The van der Waals surface area contributed by atoms with Crippen LogP contribution in [-0.4, -0.2) is 48.4 Å². The predicted molar refractivity (Wildman–Crippen MR) is 72.5 cm³/mol. The average molecular weight is 266 g/mol. The van der Waals surface area contributed by atoms with Gasteiger partial charge < -0.3 is 14.6 Å². The van der Waals surface area contributed by atoms with Gasteiger partial charge in [0.15, 0.2) is 11.5 Å². The summed E-state index contributed by atoms with van der Waals surface area (Å²) in [5.74, 6) is 1.39. The molecule has 1 saturated heterocycles. The first-order valence-corrected chi connectivity index (χ1v) is 6.71. The molecule has 2 rings (SSSR count). The summed E-state index contributed by atoms with van der Waals surface area (Å²) in [6.45, 7) is 1.88. The lowest BCUT2D eigenvalue weighted by atomic mass is 10.0. The van der Waals surface area contributed by atoms with E-state index in [1.54, 1.807) is 26.5 Å². The van der Waals surface area contributed by atoms with Gasteiger partial charge in [0.2, 0.25) is 0 Å². The van der Waals surface area contributed by atoms with Crippen LogP contribution >= 0.6 is 0 Å². The third-order valence-corrected chi connectivity index (χ3v) is 3.68. The Morgan fingerprint density at radius 1 is 1.37 bits per heavy atom. The van der Waals surface area contributed by atoms with Gasteiger partial charge in [-0.1, -0.05) is 6.42 Å². The van der Waals surface area contributed by atoms with Crippen molar-refractivity contribution in [3.8, 4) is 11.5 Å². The Labute approximate surface area is 114 Å². The van der Waals surface area contributed by atoms with E-state index in [1.807, 2.05) is 0 Å². The summed E-state index contributed by atoms with van der Waals surface area (Å²) in [5, 5.41) is 9.45. The van der Waals surface area contributed by atoms with E-state index >= 15 is 0 Å². The van der Waals surface area contributed by atoms with Gasteiger partial charge in [0.1, 0.15) is 5.69 Å². The Morgan fingerprint density at radius 2 is 2.21 bits per heavy atom.